The summed E-state index contributed by atoms with van der Waals surface area (Å²) in [6, 6.07) is 7.72. The minimum Gasteiger partial charge on any atom is -0.462 e. The standard InChI is InChI=1S/C20H25N5O4S/c1-3-29-19(27)16-12-22-20(24-17(16)21)30-13(2)18(26)23-14-4-6-15(7-5-14)25-8-10-28-11-9-25/h4-7,12-13H,3,8-11H2,1-2H3,(H,23,26)(H2,21,22,24). The Labute approximate surface area is 179 Å². The second kappa shape index (κ2) is 10.3. The van der Waals surface area contributed by atoms with Crippen LogP contribution in [-0.4, -0.2) is 60.0 Å². The number of esters is 1. The Morgan fingerprint density at radius 1 is 1.30 bits per heavy atom. The van der Waals surface area contributed by atoms with Crippen LogP contribution in [0.4, 0.5) is 17.2 Å². The average molecular weight is 432 g/mol. The summed E-state index contributed by atoms with van der Waals surface area (Å²) < 4.78 is 10.3. The van der Waals surface area contributed by atoms with Crippen LogP contribution in [0.2, 0.25) is 0 Å². The molecule has 1 fully saturated rings. The lowest BCUT2D eigenvalue weighted by Crippen LogP contribution is -2.36. The van der Waals surface area contributed by atoms with Crippen molar-refractivity contribution in [1.29, 1.82) is 0 Å². The maximum atomic E-state index is 12.5. The first-order chi connectivity index (χ1) is 14.5. The summed E-state index contributed by atoms with van der Waals surface area (Å²) in [5.74, 6) is -0.731. The predicted molar refractivity (Wildman–Crippen MR) is 116 cm³/mol. The number of nitrogen functional groups attached to an aromatic ring is 1. The van der Waals surface area contributed by atoms with E-state index >= 15 is 0 Å². The van der Waals surface area contributed by atoms with E-state index in [-0.39, 0.29) is 23.9 Å². The second-order valence-electron chi connectivity index (χ2n) is 6.57. The number of nitrogens with zero attached hydrogens (tertiary/aromatic N) is 3. The van der Waals surface area contributed by atoms with Crippen LogP contribution in [0.1, 0.15) is 24.2 Å². The Morgan fingerprint density at radius 2 is 2.00 bits per heavy atom. The minimum absolute atomic E-state index is 0.0252. The van der Waals surface area contributed by atoms with Gasteiger partial charge in [-0.1, -0.05) is 11.8 Å². The third-order valence-corrected chi connectivity index (χ3v) is 5.43. The predicted octanol–water partition coefficient (Wildman–Crippen LogP) is 2.19. The van der Waals surface area contributed by atoms with Gasteiger partial charge in [0.05, 0.1) is 25.1 Å². The molecule has 160 valence electrons. The zero-order valence-electron chi connectivity index (χ0n) is 17.0. The van der Waals surface area contributed by atoms with Crippen LogP contribution >= 0.6 is 11.8 Å². The third-order valence-electron chi connectivity index (χ3n) is 4.45. The van der Waals surface area contributed by atoms with Crippen molar-refractivity contribution in [3.63, 3.8) is 0 Å². The highest BCUT2D eigenvalue weighted by atomic mass is 32.2. The molecule has 3 N–H and O–H groups in total. The Bertz CT molecular complexity index is 887. The van der Waals surface area contributed by atoms with E-state index in [0.717, 1.165) is 43.8 Å². The van der Waals surface area contributed by atoms with Crippen LogP contribution in [0.15, 0.2) is 35.6 Å². The number of benzene rings is 1. The van der Waals surface area contributed by atoms with Gasteiger partial charge in [0.2, 0.25) is 5.91 Å². The number of aromatic nitrogens is 2. The molecule has 1 unspecified atom stereocenters. The maximum absolute atomic E-state index is 12.5. The number of nitrogens with one attached hydrogen (secondary N) is 1. The quantitative estimate of drug-likeness (QED) is 0.386. The Balaban J connectivity index is 1.56. The number of rotatable bonds is 7. The van der Waals surface area contributed by atoms with Gasteiger partial charge >= 0.3 is 5.97 Å². The number of thioether (sulfide) groups is 1. The number of nitrogens with two attached hydrogens (primary N) is 1. The van der Waals surface area contributed by atoms with Crippen molar-refractivity contribution in [3.8, 4) is 0 Å². The number of anilines is 3. The molecule has 3 rings (SSSR count). The van der Waals surface area contributed by atoms with Gasteiger partial charge in [-0.25, -0.2) is 14.8 Å². The van der Waals surface area contributed by atoms with Crippen molar-refractivity contribution in [2.24, 2.45) is 0 Å². The number of ether oxygens (including phenoxy) is 2. The first kappa shape index (κ1) is 21.8. The van der Waals surface area contributed by atoms with Gasteiger partial charge in [-0.15, -0.1) is 0 Å². The van der Waals surface area contributed by atoms with E-state index in [4.69, 9.17) is 15.2 Å². The lowest BCUT2D eigenvalue weighted by Gasteiger charge is -2.28. The topological polar surface area (TPSA) is 120 Å². The van der Waals surface area contributed by atoms with E-state index in [1.165, 1.54) is 6.20 Å². The summed E-state index contributed by atoms with van der Waals surface area (Å²) in [5, 5.41) is 2.74. The Morgan fingerprint density at radius 3 is 2.63 bits per heavy atom. The highest BCUT2D eigenvalue weighted by molar-refractivity contribution is 8.00. The first-order valence-electron chi connectivity index (χ1n) is 9.68. The molecule has 9 nitrogen and oxygen atoms in total. The van der Waals surface area contributed by atoms with Crippen LogP contribution in [0, 0.1) is 0 Å². The van der Waals surface area contributed by atoms with E-state index in [9.17, 15) is 9.59 Å². The molecule has 2 heterocycles. The molecule has 1 saturated heterocycles. The molecule has 1 amide bonds. The zero-order valence-corrected chi connectivity index (χ0v) is 17.8. The molecule has 1 aliphatic rings. The summed E-state index contributed by atoms with van der Waals surface area (Å²) in [4.78, 5) is 34.8. The van der Waals surface area contributed by atoms with Gasteiger partial charge in [0.25, 0.3) is 0 Å². The fourth-order valence-electron chi connectivity index (χ4n) is 2.83. The minimum atomic E-state index is -0.571. The maximum Gasteiger partial charge on any atom is 0.343 e. The fourth-order valence-corrected chi connectivity index (χ4v) is 3.58. The van der Waals surface area contributed by atoms with Crippen molar-refractivity contribution in [2.45, 2.75) is 24.3 Å². The lowest BCUT2D eigenvalue weighted by molar-refractivity contribution is -0.115. The van der Waals surface area contributed by atoms with Crippen molar-refractivity contribution in [1.82, 2.24) is 9.97 Å². The largest absolute Gasteiger partial charge is 0.462 e. The molecule has 1 aromatic carbocycles. The monoisotopic (exact) mass is 431 g/mol. The Hall–Kier alpha value is -2.85. The molecular weight excluding hydrogens is 406 g/mol. The third kappa shape index (κ3) is 5.61. The van der Waals surface area contributed by atoms with E-state index in [2.05, 4.69) is 20.2 Å². The average Bonchev–Trinajstić information content (AvgIpc) is 2.75. The van der Waals surface area contributed by atoms with E-state index in [1.54, 1.807) is 13.8 Å². The molecule has 1 aliphatic heterocycles. The van der Waals surface area contributed by atoms with Crippen LogP contribution in [0.5, 0.6) is 0 Å². The molecule has 1 aromatic heterocycles. The Kier molecular flexibility index (Phi) is 7.47. The molecule has 2 aromatic rings. The van der Waals surface area contributed by atoms with Crippen LogP contribution in [0.25, 0.3) is 0 Å². The van der Waals surface area contributed by atoms with Crippen LogP contribution in [-0.2, 0) is 14.3 Å². The molecule has 30 heavy (non-hydrogen) atoms. The zero-order chi connectivity index (χ0) is 21.5. The molecule has 0 spiro atoms. The van der Waals surface area contributed by atoms with Gasteiger partial charge in [-0.3, -0.25) is 4.79 Å². The highest BCUT2D eigenvalue weighted by Crippen LogP contribution is 2.24. The molecule has 0 bridgehead atoms. The summed E-state index contributed by atoms with van der Waals surface area (Å²) in [7, 11) is 0. The molecule has 10 heteroatoms. The first-order valence-corrected chi connectivity index (χ1v) is 10.6. The summed E-state index contributed by atoms with van der Waals surface area (Å²) in [5.41, 5.74) is 7.75. The number of amides is 1. The van der Waals surface area contributed by atoms with Gasteiger partial charge < -0.3 is 25.4 Å². The number of morpholine rings is 1. The molecule has 0 saturated carbocycles. The van der Waals surface area contributed by atoms with Crippen LogP contribution in [0.3, 0.4) is 0 Å². The summed E-state index contributed by atoms with van der Waals surface area (Å²) in [6.45, 7) is 6.85. The number of carbonyl (C=O) groups is 2. The fraction of sp³-hybridized carbons (Fsp3) is 0.400. The van der Waals surface area contributed by atoms with E-state index in [1.807, 2.05) is 24.3 Å². The van der Waals surface area contributed by atoms with Gasteiger partial charge in [-0.2, -0.15) is 0 Å². The van der Waals surface area contributed by atoms with Crippen molar-refractivity contribution < 1.29 is 19.1 Å². The van der Waals surface area contributed by atoms with Gasteiger partial charge in [0.15, 0.2) is 5.16 Å². The molecule has 0 aliphatic carbocycles. The smallest absolute Gasteiger partial charge is 0.343 e. The molecule has 0 radical (unpaired) electrons. The van der Waals surface area contributed by atoms with E-state index in [0.29, 0.717) is 10.8 Å². The van der Waals surface area contributed by atoms with Crippen molar-refractivity contribution in [3.05, 3.63) is 36.0 Å². The SMILES string of the molecule is CCOC(=O)c1cnc(SC(C)C(=O)Nc2ccc(N3CCOCC3)cc2)nc1N. The molecular formula is C20H25N5O4S. The van der Waals surface area contributed by atoms with E-state index < -0.39 is 11.2 Å². The normalized spacial score (nSPS) is 14.8. The van der Waals surface area contributed by atoms with Gasteiger partial charge in [-0.05, 0) is 38.1 Å². The van der Waals surface area contributed by atoms with Crippen LogP contribution < -0.4 is 16.0 Å². The van der Waals surface area contributed by atoms with Crippen molar-refractivity contribution in [2.75, 3.05) is 48.9 Å². The van der Waals surface area contributed by atoms with Gasteiger partial charge in [0.1, 0.15) is 11.4 Å². The number of hydrogen-bond acceptors (Lipinski definition) is 9. The number of carbonyl (C=O) groups excluding carboxylic acids is 2. The number of hydrogen-bond donors (Lipinski definition) is 2. The van der Waals surface area contributed by atoms with Crippen molar-refractivity contribution >= 4 is 40.8 Å². The highest BCUT2D eigenvalue weighted by Gasteiger charge is 2.19. The summed E-state index contributed by atoms with van der Waals surface area (Å²) >= 11 is 1.16. The second-order valence-corrected chi connectivity index (χ2v) is 7.88. The summed E-state index contributed by atoms with van der Waals surface area (Å²) in [6.07, 6.45) is 1.32. The lowest BCUT2D eigenvalue weighted by atomic mass is 10.2. The molecule has 1 atom stereocenters. The van der Waals surface area contributed by atoms with Gasteiger partial charge in [0, 0.05) is 30.7 Å².